The van der Waals surface area contributed by atoms with Crippen molar-refractivity contribution in [3.05, 3.63) is 84.9 Å². The number of sulfone groups is 2. The monoisotopic (exact) mass is 562 g/mol. The van der Waals surface area contributed by atoms with Gasteiger partial charge in [0.2, 0.25) is 0 Å². The van der Waals surface area contributed by atoms with Gasteiger partial charge in [0.25, 0.3) is 0 Å². The van der Waals surface area contributed by atoms with Gasteiger partial charge in [0.15, 0.2) is 19.7 Å². The predicted octanol–water partition coefficient (Wildman–Crippen LogP) is 5.86. The first-order valence-corrected chi connectivity index (χ1v) is 14.7. The van der Waals surface area contributed by atoms with Crippen molar-refractivity contribution in [2.75, 3.05) is 17.8 Å². The summed E-state index contributed by atoms with van der Waals surface area (Å²) in [4.78, 5) is 4.96. The Morgan fingerprint density at radius 3 is 1.45 bits per heavy atom. The van der Waals surface area contributed by atoms with Crippen molar-refractivity contribution in [3.8, 4) is 28.3 Å². The molecule has 0 bridgehead atoms. The first-order chi connectivity index (χ1) is 17.7. The molecule has 4 rings (SSSR count). The number of hydrogen-bond acceptors (Lipinski definition) is 7. The number of ether oxygens (including phenoxy) is 1. The lowest BCUT2D eigenvalue weighted by atomic mass is 10.1. The van der Waals surface area contributed by atoms with Gasteiger partial charge in [-0.15, -0.1) is 13.2 Å². The molecular weight excluding hydrogens is 541 g/mol. The Morgan fingerprint density at radius 1 is 0.658 bits per heavy atom. The molecule has 0 spiro atoms. The van der Waals surface area contributed by atoms with Gasteiger partial charge in [0, 0.05) is 35.0 Å². The fourth-order valence-corrected chi connectivity index (χ4v) is 4.81. The van der Waals surface area contributed by atoms with Crippen molar-refractivity contribution in [1.82, 2.24) is 4.98 Å². The van der Waals surface area contributed by atoms with E-state index >= 15 is 0 Å². The molecule has 0 unspecified atom stereocenters. The van der Waals surface area contributed by atoms with Crippen LogP contribution < -0.4 is 10.1 Å². The van der Waals surface area contributed by atoms with Crippen LogP contribution in [0.5, 0.6) is 5.75 Å². The van der Waals surface area contributed by atoms with Crippen LogP contribution in [0.15, 0.2) is 94.7 Å². The molecule has 0 fully saturated rings. The molecule has 0 saturated heterocycles. The van der Waals surface area contributed by atoms with Crippen LogP contribution in [0.3, 0.4) is 0 Å². The van der Waals surface area contributed by atoms with E-state index in [9.17, 15) is 30.0 Å². The van der Waals surface area contributed by atoms with Gasteiger partial charge in [-0.1, -0.05) is 24.3 Å². The zero-order valence-corrected chi connectivity index (χ0v) is 21.7. The minimum atomic E-state index is -4.80. The van der Waals surface area contributed by atoms with Gasteiger partial charge in [0.05, 0.1) is 21.2 Å². The highest BCUT2D eigenvalue weighted by atomic mass is 32.2. The summed E-state index contributed by atoms with van der Waals surface area (Å²) in [6.45, 7) is 0. The average Bonchev–Trinajstić information content (AvgIpc) is 2.83. The Labute approximate surface area is 217 Å². The maximum absolute atomic E-state index is 12.5. The second-order valence-electron chi connectivity index (χ2n) is 8.42. The molecule has 198 valence electrons. The SMILES string of the molecule is CS(=O)(=O)c1ccc(-c2cc(Nc3ccc(OC(F)(F)F)cc3)cc(-c3ccc(S(C)(=O)=O)cc3)n2)cc1. The smallest absolute Gasteiger partial charge is 0.406 e. The number of benzene rings is 3. The fraction of sp³-hybridized carbons (Fsp3) is 0.115. The first kappa shape index (κ1) is 27.1. The topological polar surface area (TPSA) is 102 Å². The lowest BCUT2D eigenvalue weighted by Crippen LogP contribution is -2.16. The highest BCUT2D eigenvalue weighted by Gasteiger charge is 2.31. The quantitative estimate of drug-likeness (QED) is 0.301. The molecule has 1 heterocycles. The zero-order valence-electron chi connectivity index (χ0n) is 20.0. The molecule has 38 heavy (non-hydrogen) atoms. The number of nitrogens with zero attached hydrogens (tertiary/aromatic N) is 1. The predicted molar refractivity (Wildman–Crippen MR) is 138 cm³/mol. The summed E-state index contributed by atoms with van der Waals surface area (Å²) in [5.41, 5.74) is 3.20. The molecule has 0 amide bonds. The van der Waals surface area contributed by atoms with Crippen molar-refractivity contribution in [1.29, 1.82) is 0 Å². The molecule has 0 aliphatic rings. The number of aromatic nitrogens is 1. The number of alkyl halides is 3. The van der Waals surface area contributed by atoms with Crippen molar-refractivity contribution in [2.45, 2.75) is 16.2 Å². The number of pyridine rings is 1. The van der Waals surface area contributed by atoms with Crippen LogP contribution in [-0.2, 0) is 19.7 Å². The van der Waals surface area contributed by atoms with Crippen LogP contribution in [-0.4, -0.2) is 40.7 Å². The van der Waals surface area contributed by atoms with Gasteiger partial charge in [-0.05, 0) is 60.7 Å². The second-order valence-corrected chi connectivity index (χ2v) is 12.4. The highest BCUT2D eigenvalue weighted by Crippen LogP contribution is 2.31. The number of halogens is 3. The highest BCUT2D eigenvalue weighted by molar-refractivity contribution is 7.91. The number of rotatable bonds is 7. The van der Waals surface area contributed by atoms with Crippen molar-refractivity contribution in [3.63, 3.8) is 0 Å². The standard InChI is InChI=1S/C26H21F3N2O5S2/c1-37(32,33)22-11-3-17(4-12-22)24-15-20(30-19-7-9-21(10-8-19)36-26(27,28)29)16-25(31-24)18-5-13-23(14-6-18)38(2,34)35/h3-16H,1-2H3,(H,30,31). The van der Waals surface area contributed by atoms with E-state index < -0.39 is 26.0 Å². The van der Waals surface area contributed by atoms with Crippen molar-refractivity contribution in [2.24, 2.45) is 0 Å². The Bertz CT molecular complexity index is 1580. The summed E-state index contributed by atoms with van der Waals surface area (Å²) in [5, 5.41) is 3.12. The maximum Gasteiger partial charge on any atom is 0.573 e. The van der Waals surface area contributed by atoms with E-state index in [2.05, 4.69) is 15.0 Å². The van der Waals surface area contributed by atoms with Gasteiger partial charge in [-0.25, -0.2) is 21.8 Å². The Balaban J connectivity index is 1.74. The summed E-state index contributed by atoms with van der Waals surface area (Å²) in [7, 11) is -6.79. The molecule has 0 aliphatic carbocycles. The zero-order chi connectivity index (χ0) is 27.7. The van der Waals surface area contributed by atoms with E-state index in [1.54, 1.807) is 36.4 Å². The third-order valence-electron chi connectivity index (χ3n) is 5.36. The molecule has 4 aromatic rings. The van der Waals surface area contributed by atoms with Crippen LogP contribution in [0.4, 0.5) is 24.5 Å². The van der Waals surface area contributed by atoms with Crippen LogP contribution in [0.1, 0.15) is 0 Å². The third-order valence-corrected chi connectivity index (χ3v) is 7.62. The van der Waals surface area contributed by atoms with Gasteiger partial charge < -0.3 is 10.1 Å². The van der Waals surface area contributed by atoms with Gasteiger partial charge in [0.1, 0.15) is 5.75 Å². The summed E-state index contributed by atoms with van der Waals surface area (Å²) in [6.07, 6.45) is -2.59. The normalized spacial score (nSPS) is 12.2. The molecule has 0 aliphatic heterocycles. The fourth-order valence-electron chi connectivity index (χ4n) is 3.55. The van der Waals surface area contributed by atoms with Crippen LogP contribution in [0.2, 0.25) is 0 Å². The molecular formula is C26H21F3N2O5S2. The number of hydrogen-bond donors (Lipinski definition) is 1. The molecule has 3 aromatic carbocycles. The molecule has 12 heteroatoms. The average molecular weight is 563 g/mol. The lowest BCUT2D eigenvalue weighted by Gasteiger charge is -2.13. The Hall–Kier alpha value is -3.90. The van der Waals surface area contributed by atoms with E-state index in [1.165, 1.54) is 48.5 Å². The van der Waals surface area contributed by atoms with Crippen LogP contribution in [0.25, 0.3) is 22.5 Å². The molecule has 0 radical (unpaired) electrons. The van der Waals surface area contributed by atoms with E-state index in [4.69, 9.17) is 0 Å². The number of nitrogens with one attached hydrogen (secondary N) is 1. The van der Waals surface area contributed by atoms with Crippen LogP contribution >= 0.6 is 0 Å². The molecule has 1 N–H and O–H groups in total. The van der Waals surface area contributed by atoms with E-state index in [0.29, 0.717) is 33.9 Å². The van der Waals surface area contributed by atoms with Gasteiger partial charge in [-0.2, -0.15) is 0 Å². The van der Waals surface area contributed by atoms with Crippen LogP contribution in [0, 0.1) is 0 Å². The summed E-state index contributed by atoms with van der Waals surface area (Å²) in [6, 6.07) is 20.9. The van der Waals surface area contributed by atoms with Crippen molar-refractivity contribution < 1.29 is 34.7 Å². The van der Waals surface area contributed by atoms with Crippen molar-refractivity contribution >= 4 is 31.0 Å². The van der Waals surface area contributed by atoms with Gasteiger partial charge in [-0.3, -0.25) is 0 Å². The summed E-state index contributed by atoms with van der Waals surface area (Å²) in [5.74, 6) is -0.365. The third kappa shape index (κ3) is 6.90. The summed E-state index contributed by atoms with van der Waals surface area (Å²) < 4.78 is 88.7. The molecule has 0 saturated carbocycles. The molecule has 7 nitrogen and oxygen atoms in total. The molecule has 0 atom stereocenters. The largest absolute Gasteiger partial charge is 0.573 e. The minimum absolute atomic E-state index is 0.147. The van der Waals surface area contributed by atoms with Gasteiger partial charge >= 0.3 is 6.36 Å². The number of anilines is 2. The lowest BCUT2D eigenvalue weighted by molar-refractivity contribution is -0.274. The Morgan fingerprint density at radius 2 is 1.08 bits per heavy atom. The minimum Gasteiger partial charge on any atom is -0.406 e. The maximum atomic E-state index is 12.5. The second kappa shape index (κ2) is 10.1. The Kier molecular flexibility index (Phi) is 7.22. The van der Waals surface area contributed by atoms with E-state index in [-0.39, 0.29) is 15.5 Å². The van der Waals surface area contributed by atoms with E-state index in [1.807, 2.05) is 0 Å². The van der Waals surface area contributed by atoms with E-state index in [0.717, 1.165) is 12.5 Å². The molecule has 1 aromatic heterocycles. The first-order valence-electron chi connectivity index (χ1n) is 10.9. The summed E-state index contributed by atoms with van der Waals surface area (Å²) >= 11 is 0.